The lowest BCUT2D eigenvalue weighted by molar-refractivity contribution is -0.161. The van der Waals surface area contributed by atoms with Gasteiger partial charge in [0.05, 0.1) is 11.8 Å². The molecule has 3 aliphatic heterocycles. The van der Waals surface area contributed by atoms with Crippen LogP contribution < -0.4 is 0 Å². The van der Waals surface area contributed by atoms with E-state index in [0.717, 1.165) is 4.90 Å². The summed E-state index contributed by atoms with van der Waals surface area (Å²) in [5.74, 6) is -1.56. The maximum atomic E-state index is 12.3. The van der Waals surface area contributed by atoms with Crippen molar-refractivity contribution in [3.05, 3.63) is 12.2 Å². The van der Waals surface area contributed by atoms with Gasteiger partial charge in [0.15, 0.2) is 0 Å². The smallest absolute Gasteiger partial charge is 0.326 e. The molecule has 2 fully saturated rings. The number of rotatable bonds is 2. The minimum atomic E-state index is -0.616. The number of amides is 2. The lowest BCUT2D eigenvalue weighted by Gasteiger charge is -2.22. The van der Waals surface area contributed by atoms with Gasteiger partial charge in [0.1, 0.15) is 12.1 Å². The van der Waals surface area contributed by atoms with Crippen LogP contribution >= 0.6 is 11.8 Å². The fourth-order valence-electron chi connectivity index (χ4n) is 3.02. The number of hydrogen-bond donors (Lipinski definition) is 0. The van der Waals surface area contributed by atoms with E-state index in [0.29, 0.717) is 0 Å². The first-order valence-corrected chi connectivity index (χ1v) is 7.63. The minimum Gasteiger partial charge on any atom is -0.459 e. The zero-order chi connectivity index (χ0) is 14.7. The Balaban J connectivity index is 1.72. The van der Waals surface area contributed by atoms with Crippen molar-refractivity contribution in [3.63, 3.8) is 0 Å². The van der Waals surface area contributed by atoms with Crippen LogP contribution in [-0.2, 0) is 19.1 Å². The molecule has 4 unspecified atom stereocenters. The molecule has 3 rings (SSSR count). The summed E-state index contributed by atoms with van der Waals surface area (Å²) in [7, 11) is 0. The molecule has 2 bridgehead atoms. The second-order valence-corrected chi connectivity index (χ2v) is 7.71. The van der Waals surface area contributed by atoms with E-state index in [2.05, 4.69) is 0 Å². The molecule has 3 heterocycles. The molecule has 0 spiro atoms. The molecule has 5 nitrogen and oxygen atoms in total. The zero-order valence-corrected chi connectivity index (χ0v) is 12.5. The van der Waals surface area contributed by atoms with Crippen molar-refractivity contribution in [1.29, 1.82) is 0 Å². The summed E-state index contributed by atoms with van der Waals surface area (Å²) >= 11 is 1.67. The van der Waals surface area contributed by atoms with Crippen LogP contribution in [-0.4, -0.2) is 45.3 Å². The molecule has 0 aromatic rings. The fourth-order valence-corrected chi connectivity index (χ4v) is 4.66. The Morgan fingerprint density at radius 2 is 1.70 bits per heavy atom. The molecule has 2 amide bonds. The first-order chi connectivity index (χ1) is 9.28. The van der Waals surface area contributed by atoms with Gasteiger partial charge in [0.25, 0.3) is 0 Å². The Bertz CT molecular complexity index is 492. The standard InChI is InChI=1S/C14H17NO4S/c1-14(2,3)19-9(16)6-15-12(17)10-7-4-5-8(20-7)11(10)13(15)18/h4-5,7-8,10-11H,6H2,1-3H3. The maximum Gasteiger partial charge on any atom is 0.326 e. The van der Waals surface area contributed by atoms with Gasteiger partial charge in [-0.2, -0.15) is 0 Å². The third-order valence-electron chi connectivity index (χ3n) is 3.71. The van der Waals surface area contributed by atoms with Crippen molar-refractivity contribution in [2.75, 3.05) is 6.54 Å². The summed E-state index contributed by atoms with van der Waals surface area (Å²) in [6, 6.07) is 0. The number of carbonyl (C=O) groups excluding carboxylic acids is 3. The first-order valence-electron chi connectivity index (χ1n) is 6.69. The highest BCUT2D eigenvalue weighted by Gasteiger charge is 2.60. The number of thioether (sulfide) groups is 1. The number of fused-ring (bicyclic) bond motifs is 5. The van der Waals surface area contributed by atoms with E-state index in [1.807, 2.05) is 12.2 Å². The Kier molecular flexibility index (Phi) is 2.97. The van der Waals surface area contributed by atoms with Gasteiger partial charge in [-0.25, -0.2) is 0 Å². The van der Waals surface area contributed by atoms with Crippen molar-refractivity contribution < 1.29 is 19.1 Å². The van der Waals surface area contributed by atoms with Crippen LogP contribution in [0.15, 0.2) is 12.2 Å². The molecule has 20 heavy (non-hydrogen) atoms. The summed E-state index contributed by atoms with van der Waals surface area (Å²) in [6.07, 6.45) is 4.00. The molecule has 0 N–H and O–H groups in total. The molecule has 0 aliphatic carbocycles. The largest absolute Gasteiger partial charge is 0.459 e. The molecule has 0 radical (unpaired) electrons. The van der Waals surface area contributed by atoms with Crippen LogP contribution in [0.1, 0.15) is 20.8 Å². The van der Waals surface area contributed by atoms with Crippen LogP contribution in [0.5, 0.6) is 0 Å². The zero-order valence-electron chi connectivity index (χ0n) is 11.7. The van der Waals surface area contributed by atoms with E-state index in [9.17, 15) is 14.4 Å². The van der Waals surface area contributed by atoms with Gasteiger partial charge in [-0.1, -0.05) is 12.2 Å². The third kappa shape index (κ3) is 2.06. The van der Waals surface area contributed by atoms with E-state index in [1.54, 1.807) is 32.5 Å². The number of ether oxygens (including phenoxy) is 1. The highest BCUT2D eigenvalue weighted by molar-refractivity contribution is 8.01. The summed E-state index contributed by atoms with van der Waals surface area (Å²) in [4.78, 5) is 37.6. The highest BCUT2D eigenvalue weighted by atomic mass is 32.2. The molecule has 6 heteroatoms. The second kappa shape index (κ2) is 4.35. The monoisotopic (exact) mass is 295 g/mol. The summed E-state index contributed by atoms with van der Waals surface area (Å²) in [6.45, 7) is 5.00. The van der Waals surface area contributed by atoms with Gasteiger partial charge >= 0.3 is 5.97 Å². The molecule has 108 valence electrons. The molecular weight excluding hydrogens is 278 g/mol. The van der Waals surface area contributed by atoms with Crippen LogP contribution in [0.3, 0.4) is 0 Å². The van der Waals surface area contributed by atoms with Gasteiger partial charge in [0, 0.05) is 10.5 Å². The lowest BCUT2D eigenvalue weighted by Crippen LogP contribution is -2.40. The molecule has 0 aromatic heterocycles. The molecular formula is C14H17NO4S. The van der Waals surface area contributed by atoms with Gasteiger partial charge in [-0.3, -0.25) is 19.3 Å². The number of carbonyl (C=O) groups is 3. The Hall–Kier alpha value is -1.30. The minimum absolute atomic E-state index is 0.0880. The second-order valence-electron chi connectivity index (χ2n) is 6.35. The fraction of sp³-hybridized carbons (Fsp3) is 0.643. The van der Waals surface area contributed by atoms with Crippen LogP contribution in [0.4, 0.5) is 0 Å². The van der Waals surface area contributed by atoms with Crippen LogP contribution in [0, 0.1) is 11.8 Å². The molecule has 3 aliphatic rings. The summed E-state index contributed by atoms with van der Waals surface area (Å²) < 4.78 is 5.18. The molecule has 2 saturated heterocycles. The quantitative estimate of drug-likeness (QED) is 0.432. The van der Waals surface area contributed by atoms with E-state index in [4.69, 9.17) is 4.74 Å². The average Bonchev–Trinajstić information content (AvgIpc) is 2.96. The maximum absolute atomic E-state index is 12.3. The van der Waals surface area contributed by atoms with Gasteiger partial charge in [0.2, 0.25) is 11.8 Å². The van der Waals surface area contributed by atoms with E-state index in [-0.39, 0.29) is 40.7 Å². The average molecular weight is 295 g/mol. The van der Waals surface area contributed by atoms with Crippen molar-refractivity contribution >= 4 is 29.5 Å². The normalized spacial score (nSPS) is 34.9. The lowest BCUT2D eigenvalue weighted by atomic mass is 9.85. The Morgan fingerprint density at radius 1 is 1.20 bits per heavy atom. The number of nitrogens with zero attached hydrogens (tertiary/aromatic N) is 1. The van der Waals surface area contributed by atoms with Crippen molar-refractivity contribution in [2.45, 2.75) is 36.9 Å². The molecule has 0 aromatic carbocycles. The Labute approximate surface area is 121 Å². The van der Waals surface area contributed by atoms with Gasteiger partial charge in [-0.05, 0) is 20.8 Å². The molecule has 0 saturated carbocycles. The predicted molar refractivity (Wildman–Crippen MR) is 73.9 cm³/mol. The van der Waals surface area contributed by atoms with E-state index in [1.165, 1.54) is 0 Å². The Morgan fingerprint density at radius 3 is 2.15 bits per heavy atom. The summed E-state index contributed by atoms with van der Waals surface area (Å²) in [5.41, 5.74) is -0.616. The topological polar surface area (TPSA) is 63.7 Å². The number of hydrogen-bond acceptors (Lipinski definition) is 5. The van der Waals surface area contributed by atoms with Gasteiger partial charge < -0.3 is 4.74 Å². The van der Waals surface area contributed by atoms with Crippen LogP contribution in [0.25, 0.3) is 0 Å². The highest BCUT2D eigenvalue weighted by Crippen LogP contribution is 2.53. The third-order valence-corrected chi connectivity index (χ3v) is 5.24. The summed E-state index contributed by atoms with van der Waals surface area (Å²) in [5, 5.41) is 0.176. The van der Waals surface area contributed by atoms with Gasteiger partial charge in [-0.15, -0.1) is 11.8 Å². The number of esters is 1. The van der Waals surface area contributed by atoms with E-state index >= 15 is 0 Å². The predicted octanol–water partition coefficient (Wildman–Crippen LogP) is 0.983. The number of likely N-dealkylation sites (tertiary alicyclic amines) is 1. The number of imide groups is 1. The van der Waals surface area contributed by atoms with Crippen molar-refractivity contribution in [3.8, 4) is 0 Å². The molecule has 4 atom stereocenters. The SMILES string of the molecule is CC(C)(C)OC(=O)CN1C(=O)C2C3C=CC(S3)C2C1=O. The van der Waals surface area contributed by atoms with Crippen LogP contribution in [0.2, 0.25) is 0 Å². The van der Waals surface area contributed by atoms with E-state index < -0.39 is 11.6 Å². The van der Waals surface area contributed by atoms with Crippen molar-refractivity contribution in [1.82, 2.24) is 4.90 Å². The van der Waals surface area contributed by atoms with Crippen molar-refractivity contribution in [2.24, 2.45) is 11.8 Å². The first kappa shape index (κ1) is 13.7.